The van der Waals surface area contributed by atoms with E-state index in [2.05, 4.69) is 307 Å². The second-order valence-electron chi connectivity index (χ2n) is 21.6. The molecule has 0 radical (unpaired) electrons. The molecule has 0 N–H and O–H groups in total. The summed E-state index contributed by atoms with van der Waals surface area (Å²) < 4.78 is 4.66. The summed E-state index contributed by atoms with van der Waals surface area (Å²) >= 11 is 0. The standard InChI is InChI=1S/C76H53N3/c1-77-68-36-17-15-32-59(68)64-45-51(40-43-70(64)77)74(61-35-19-23-49-21-9-11-29-56(49)61)52-39-42-63-66(46-52)76(53-25-5-3-6-26-53,54-27-7-4-8-28-54)67-48-73(58-31-13-14-34-62(58)75(63)67)79(72-38-20-24-50-22-10-12-30-57(50)72)55-41-44-71-65(47-55)60-33-16-18-37-69(60)78(71)2/h3-48,74H,1-2H3. The van der Waals surface area contributed by atoms with Crippen LogP contribution >= 0.6 is 0 Å². The first-order valence-electron chi connectivity index (χ1n) is 27.6. The lowest BCUT2D eigenvalue weighted by Gasteiger charge is -2.36. The highest BCUT2D eigenvalue weighted by Crippen LogP contribution is 2.61. The van der Waals surface area contributed by atoms with Gasteiger partial charge in [0, 0.05) is 80.1 Å². The van der Waals surface area contributed by atoms with Crippen molar-refractivity contribution >= 4 is 93.0 Å². The Morgan fingerprint density at radius 2 is 0.823 bits per heavy atom. The summed E-state index contributed by atoms with van der Waals surface area (Å²) in [5.41, 5.74) is 18.9. The van der Waals surface area contributed by atoms with E-state index in [1.165, 1.54) is 126 Å². The third-order valence-electron chi connectivity index (χ3n) is 17.7. The fourth-order valence-corrected chi connectivity index (χ4v) is 14.2. The molecule has 15 aromatic rings. The van der Waals surface area contributed by atoms with Crippen molar-refractivity contribution in [3.8, 4) is 11.1 Å². The molecule has 0 saturated carbocycles. The van der Waals surface area contributed by atoms with E-state index in [1.807, 2.05) is 0 Å². The number of para-hydroxylation sites is 2. The van der Waals surface area contributed by atoms with Gasteiger partial charge in [-0.1, -0.05) is 224 Å². The highest BCUT2D eigenvalue weighted by Gasteiger charge is 2.48. The maximum Gasteiger partial charge on any atom is 0.0714 e. The van der Waals surface area contributed by atoms with E-state index in [9.17, 15) is 0 Å². The second kappa shape index (κ2) is 17.5. The zero-order chi connectivity index (χ0) is 52.3. The third kappa shape index (κ3) is 6.60. The Bertz CT molecular complexity index is 4890. The molecule has 1 aliphatic carbocycles. The molecule has 2 aromatic heterocycles. The first-order chi connectivity index (χ1) is 39.0. The summed E-state index contributed by atoms with van der Waals surface area (Å²) in [4.78, 5) is 2.56. The van der Waals surface area contributed by atoms with Crippen molar-refractivity contribution in [1.29, 1.82) is 0 Å². The average molecular weight is 1010 g/mol. The van der Waals surface area contributed by atoms with E-state index < -0.39 is 5.41 Å². The van der Waals surface area contributed by atoms with Crippen molar-refractivity contribution in [2.45, 2.75) is 11.3 Å². The summed E-state index contributed by atoms with van der Waals surface area (Å²) in [6.45, 7) is 0. The minimum Gasteiger partial charge on any atom is -0.344 e. The van der Waals surface area contributed by atoms with Gasteiger partial charge in [-0.25, -0.2) is 0 Å². The Labute approximate surface area is 459 Å². The number of aryl methyl sites for hydroxylation is 2. The molecular weight excluding hydrogens is 955 g/mol. The van der Waals surface area contributed by atoms with Gasteiger partial charge in [0.2, 0.25) is 0 Å². The van der Waals surface area contributed by atoms with Crippen molar-refractivity contribution in [2.75, 3.05) is 4.90 Å². The summed E-state index contributed by atoms with van der Waals surface area (Å²) in [6, 6.07) is 105. The average Bonchev–Trinajstić information content (AvgIpc) is 2.86. The van der Waals surface area contributed by atoms with Crippen molar-refractivity contribution < 1.29 is 0 Å². The molecule has 1 aliphatic rings. The number of benzene rings is 13. The zero-order valence-corrected chi connectivity index (χ0v) is 44.0. The number of hydrogen-bond acceptors (Lipinski definition) is 1. The van der Waals surface area contributed by atoms with Crippen LogP contribution in [-0.4, -0.2) is 9.13 Å². The molecule has 13 aromatic carbocycles. The lowest BCUT2D eigenvalue weighted by atomic mass is 9.67. The summed E-state index contributed by atoms with van der Waals surface area (Å²) in [7, 11) is 4.38. The van der Waals surface area contributed by atoms with Gasteiger partial charge in [0.05, 0.1) is 16.8 Å². The summed E-state index contributed by atoms with van der Waals surface area (Å²) in [5.74, 6) is -0.0918. The van der Waals surface area contributed by atoms with Crippen LogP contribution in [0.5, 0.6) is 0 Å². The molecular formula is C76H53N3. The van der Waals surface area contributed by atoms with E-state index >= 15 is 0 Å². The lowest BCUT2D eigenvalue weighted by molar-refractivity contribution is 0.766. The molecule has 0 saturated heterocycles. The molecule has 0 fully saturated rings. The third-order valence-corrected chi connectivity index (χ3v) is 17.7. The Morgan fingerprint density at radius 1 is 0.329 bits per heavy atom. The largest absolute Gasteiger partial charge is 0.344 e. The smallest absolute Gasteiger partial charge is 0.0714 e. The predicted octanol–water partition coefficient (Wildman–Crippen LogP) is 19.4. The molecule has 0 aliphatic heterocycles. The molecule has 16 rings (SSSR count). The number of nitrogens with zero attached hydrogens (tertiary/aromatic N) is 3. The van der Waals surface area contributed by atoms with Crippen LogP contribution in [0.3, 0.4) is 0 Å². The first-order valence-corrected chi connectivity index (χ1v) is 27.6. The van der Waals surface area contributed by atoms with Gasteiger partial charge in [0.15, 0.2) is 0 Å². The predicted molar refractivity (Wildman–Crippen MR) is 333 cm³/mol. The molecule has 3 heteroatoms. The van der Waals surface area contributed by atoms with Gasteiger partial charge < -0.3 is 14.0 Å². The van der Waals surface area contributed by atoms with Crippen molar-refractivity contribution in [3.63, 3.8) is 0 Å². The molecule has 1 unspecified atom stereocenters. The molecule has 0 amide bonds. The van der Waals surface area contributed by atoms with E-state index in [1.54, 1.807) is 0 Å². The number of hydrogen-bond donors (Lipinski definition) is 0. The van der Waals surface area contributed by atoms with E-state index in [4.69, 9.17) is 0 Å². The quantitative estimate of drug-likeness (QED) is 0.138. The zero-order valence-electron chi connectivity index (χ0n) is 44.0. The van der Waals surface area contributed by atoms with Crippen LogP contribution in [0.25, 0.3) is 87.1 Å². The van der Waals surface area contributed by atoms with Gasteiger partial charge in [0.25, 0.3) is 0 Å². The molecule has 79 heavy (non-hydrogen) atoms. The van der Waals surface area contributed by atoms with Crippen molar-refractivity contribution in [3.05, 3.63) is 318 Å². The van der Waals surface area contributed by atoms with Gasteiger partial charge in [-0.2, -0.15) is 0 Å². The topological polar surface area (TPSA) is 13.1 Å². The van der Waals surface area contributed by atoms with Crippen molar-refractivity contribution in [2.24, 2.45) is 14.1 Å². The number of aromatic nitrogens is 2. The van der Waals surface area contributed by atoms with Crippen LogP contribution in [0.1, 0.15) is 44.9 Å². The molecule has 3 nitrogen and oxygen atoms in total. The lowest BCUT2D eigenvalue weighted by Crippen LogP contribution is -2.29. The van der Waals surface area contributed by atoms with Gasteiger partial charge in [-0.3, -0.25) is 0 Å². The van der Waals surface area contributed by atoms with E-state index in [0.717, 1.165) is 17.1 Å². The van der Waals surface area contributed by atoms with Crippen LogP contribution in [0.15, 0.2) is 279 Å². The van der Waals surface area contributed by atoms with Crippen LogP contribution < -0.4 is 4.90 Å². The SMILES string of the molecule is Cn1c2ccccc2c2cc(C(c3ccc4c(c3)C(c3ccccc3)(c3ccccc3)c3cc(N(c5ccc6c(c5)c5ccccc5n6C)c5cccc6ccccc56)c5ccccc5c3-4)c3cccc4ccccc34)ccc21. The Kier molecular flexibility index (Phi) is 10.0. The van der Waals surface area contributed by atoms with E-state index in [0.29, 0.717) is 0 Å². The molecule has 0 spiro atoms. The highest BCUT2D eigenvalue weighted by molar-refractivity contribution is 6.15. The fraction of sp³-hybridized carbons (Fsp3) is 0.0526. The van der Waals surface area contributed by atoms with Crippen LogP contribution in [0.4, 0.5) is 17.1 Å². The monoisotopic (exact) mass is 1010 g/mol. The molecule has 2 heterocycles. The summed E-state index contributed by atoms with van der Waals surface area (Å²) in [5, 5.41) is 12.3. The van der Waals surface area contributed by atoms with Crippen molar-refractivity contribution in [1.82, 2.24) is 9.13 Å². The maximum absolute atomic E-state index is 2.60. The molecule has 372 valence electrons. The number of rotatable bonds is 8. The Morgan fingerprint density at radius 3 is 1.51 bits per heavy atom. The minimum atomic E-state index is -0.727. The summed E-state index contributed by atoms with van der Waals surface area (Å²) in [6.07, 6.45) is 0. The van der Waals surface area contributed by atoms with Crippen LogP contribution in [0.2, 0.25) is 0 Å². The highest BCUT2D eigenvalue weighted by atomic mass is 15.1. The fourth-order valence-electron chi connectivity index (χ4n) is 14.2. The minimum absolute atomic E-state index is 0.0918. The van der Waals surface area contributed by atoms with Gasteiger partial charge >= 0.3 is 0 Å². The first kappa shape index (κ1) is 45.3. The Balaban J connectivity index is 1.01. The normalized spacial score (nSPS) is 13.2. The number of anilines is 3. The van der Waals surface area contributed by atoms with Gasteiger partial charge in [-0.05, 0) is 126 Å². The second-order valence-corrected chi connectivity index (χ2v) is 21.6. The molecule has 1 atom stereocenters. The van der Waals surface area contributed by atoms with Crippen LogP contribution in [-0.2, 0) is 19.5 Å². The van der Waals surface area contributed by atoms with Crippen LogP contribution in [0, 0.1) is 0 Å². The van der Waals surface area contributed by atoms with Gasteiger partial charge in [-0.15, -0.1) is 0 Å². The van der Waals surface area contributed by atoms with E-state index in [-0.39, 0.29) is 5.92 Å². The number of fused-ring (bicyclic) bond motifs is 13. The molecule has 0 bridgehead atoms. The maximum atomic E-state index is 2.60. The van der Waals surface area contributed by atoms with Gasteiger partial charge in [0.1, 0.15) is 0 Å². The Hall–Kier alpha value is -9.96.